The molecule has 0 saturated heterocycles. The molecule has 0 amide bonds. The summed E-state index contributed by atoms with van der Waals surface area (Å²) in [6.45, 7) is 4.36. The van der Waals surface area contributed by atoms with Gasteiger partial charge < -0.3 is 5.73 Å². The minimum Gasteiger partial charge on any atom is -0.329 e. The summed E-state index contributed by atoms with van der Waals surface area (Å²) < 4.78 is 22.0. The highest BCUT2D eigenvalue weighted by molar-refractivity contribution is 8.73. The predicted molar refractivity (Wildman–Crippen MR) is 58.0 cm³/mol. The van der Waals surface area contributed by atoms with Gasteiger partial charge in [0.1, 0.15) is 5.08 Å². The first kappa shape index (κ1) is 12.6. The van der Waals surface area contributed by atoms with Gasteiger partial charge in [-0.25, -0.2) is 8.42 Å². The minimum atomic E-state index is -2.94. The Morgan fingerprint density at radius 2 is 1.92 bits per heavy atom. The third kappa shape index (κ3) is 5.29. The fraction of sp³-hybridized carbons (Fsp3) is 1.00. The Hall–Kier alpha value is 0.610. The second-order valence-electron chi connectivity index (χ2n) is 2.95. The molecule has 0 spiro atoms. The molecule has 0 heterocycles. The van der Waals surface area contributed by atoms with Crippen LogP contribution in [-0.2, 0) is 8.87 Å². The molecule has 0 aromatic heterocycles. The number of rotatable bonds is 5. The fourth-order valence-corrected chi connectivity index (χ4v) is 3.99. The van der Waals surface area contributed by atoms with E-state index >= 15 is 0 Å². The molecule has 3 nitrogen and oxygen atoms in total. The van der Waals surface area contributed by atoms with E-state index in [0.717, 1.165) is 10.8 Å². The van der Waals surface area contributed by atoms with Gasteiger partial charge in [-0.3, -0.25) is 0 Å². The first-order valence-electron chi connectivity index (χ1n) is 3.45. The van der Waals surface area contributed by atoms with E-state index in [-0.39, 0.29) is 9.83 Å². The van der Waals surface area contributed by atoms with Crippen LogP contribution in [0.15, 0.2) is 0 Å². The van der Waals surface area contributed by atoms with E-state index in [1.54, 1.807) is 6.26 Å². The van der Waals surface area contributed by atoms with Crippen LogP contribution in [0.2, 0.25) is 0 Å². The van der Waals surface area contributed by atoms with E-state index in [1.807, 2.05) is 13.8 Å². The lowest BCUT2D eigenvalue weighted by Crippen LogP contribution is -2.27. The van der Waals surface area contributed by atoms with Crippen molar-refractivity contribution >= 4 is 31.4 Å². The highest BCUT2D eigenvalue weighted by Crippen LogP contribution is 2.27. The molecule has 0 saturated carbocycles. The van der Waals surface area contributed by atoms with Gasteiger partial charge in [0.2, 0.25) is 8.87 Å². The number of thioether (sulfide) groups is 1. The summed E-state index contributed by atoms with van der Waals surface area (Å²) in [7, 11) is -2.05. The first-order chi connectivity index (χ1) is 5.33. The molecule has 0 bridgehead atoms. The van der Waals surface area contributed by atoms with E-state index in [9.17, 15) is 8.42 Å². The van der Waals surface area contributed by atoms with Crippen molar-refractivity contribution in [2.75, 3.05) is 17.9 Å². The Morgan fingerprint density at radius 1 is 1.42 bits per heavy atom. The van der Waals surface area contributed by atoms with E-state index in [0.29, 0.717) is 6.54 Å². The zero-order chi connectivity index (χ0) is 9.83. The highest BCUT2D eigenvalue weighted by atomic mass is 33.1. The zero-order valence-electron chi connectivity index (χ0n) is 7.53. The Labute approximate surface area is 82.2 Å². The summed E-state index contributed by atoms with van der Waals surface area (Å²) in [5.74, 6) is 0. The van der Waals surface area contributed by atoms with E-state index in [2.05, 4.69) is 0 Å². The van der Waals surface area contributed by atoms with Crippen LogP contribution in [0.4, 0.5) is 0 Å². The van der Waals surface area contributed by atoms with Gasteiger partial charge in [0.05, 0.1) is 0 Å². The zero-order valence-corrected chi connectivity index (χ0v) is 9.98. The molecule has 0 aliphatic rings. The van der Waals surface area contributed by atoms with Gasteiger partial charge in [-0.15, -0.1) is 11.8 Å². The minimum absolute atomic E-state index is 0.137. The molecule has 2 N–H and O–H groups in total. The largest absolute Gasteiger partial charge is 0.329 e. The molecular formula is C6H15NO2S3. The van der Waals surface area contributed by atoms with Crippen LogP contribution in [0.5, 0.6) is 0 Å². The van der Waals surface area contributed by atoms with Gasteiger partial charge in [0.25, 0.3) is 0 Å². The van der Waals surface area contributed by atoms with Crippen LogP contribution in [0, 0.1) is 0 Å². The third-order valence-electron chi connectivity index (χ3n) is 1.34. The Bertz CT molecular complexity index is 223. The Morgan fingerprint density at radius 3 is 2.25 bits per heavy atom. The highest BCUT2D eigenvalue weighted by Gasteiger charge is 2.20. The third-order valence-corrected chi connectivity index (χ3v) is 6.81. The number of hydrogen-bond acceptors (Lipinski definition) is 5. The lowest BCUT2D eigenvalue weighted by atomic mass is 10.2. The summed E-state index contributed by atoms with van der Waals surface area (Å²) in [5, 5.41) is 0.137. The van der Waals surface area contributed by atoms with E-state index in [1.165, 1.54) is 11.8 Å². The predicted octanol–water partition coefficient (Wildman–Crippen LogP) is 1.11. The average Bonchev–Trinajstić information content (AvgIpc) is 2.02. The summed E-state index contributed by atoms with van der Waals surface area (Å²) in [6, 6.07) is 0. The second kappa shape index (κ2) is 4.74. The van der Waals surface area contributed by atoms with Crippen molar-refractivity contribution in [1.29, 1.82) is 0 Å². The quantitative estimate of drug-likeness (QED) is 0.716. The summed E-state index contributed by atoms with van der Waals surface area (Å²) in [5.41, 5.74) is 5.45. The summed E-state index contributed by atoms with van der Waals surface area (Å²) in [6.07, 6.45) is 1.57. The standard InChI is InChI=1S/C6H15NO2S3/c1-6(2,4-7)11-5-12(8,9)10-3/h4-5,7H2,1-3H3. The summed E-state index contributed by atoms with van der Waals surface area (Å²) >= 11 is 1.38. The van der Waals surface area contributed by atoms with Gasteiger partial charge in [0, 0.05) is 11.3 Å². The number of nitrogens with two attached hydrogens (primary N) is 1. The summed E-state index contributed by atoms with van der Waals surface area (Å²) in [4.78, 5) is 0. The second-order valence-corrected chi connectivity index (χ2v) is 9.26. The molecular weight excluding hydrogens is 214 g/mol. The van der Waals surface area contributed by atoms with Gasteiger partial charge in [-0.1, -0.05) is 0 Å². The molecule has 0 radical (unpaired) electrons. The molecule has 0 aliphatic carbocycles. The van der Waals surface area contributed by atoms with E-state index < -0.39 is 8.87 Å². The molecule has 0 fully saturated rings. The van der Waals surface area contributed by atoms with Crippen molar-refractivity contribution in [3.05, 3.63) is 0 Å². The molecule has 0 unspecified atom stereocenters. The van der Waals surface area contributed by atoms with Crippen molar-refractivity contribution in [2.45, 2.75) is 18.6 Å². The van der Waals surface area contributed by atoms with Crippen LogP contribution in [0.25, 0.3) is 0 Å². The SMILES string of the molecule is CSS(=O)(=O)CSC(C)(C)CN. The smallest absolute Gasteiger partial charge is 0.210 e. The fourth-order valence-electron chi connectivity index (χ4n) is 0.339. The van der Waals surface area contributed by atoms with Crippen LogP contribution in [0.1, 0.15) is 13.8 Å². The van der Waals surface area contributed by atoms with Crippen molar-refractivity contribution in [3.8, 4) is 0 Å². The van der Waals surface area contributed by atoms with Gasteiger partial charge in [0.15, 0.2) is 0 Å². The van der Waals surface area contributed by atoms with Gasteiger partial charge >= 0.3 is 0 Å². The molecule has 0 atom stereocenters. The molecule has 0 rings (SSSR count). The van der Waals surface area contributed by atoms with Gasteiger partial charge in [-0.05, 0) is 30.9 Å². The maximum atomic E-state index is 11.1. The lowest BCUT2D eigenvalue weighted by Gasteiger charge is -2.20. The average molecular weight is 229 g/mol. The van der Waals surface area contributed by atoms with Crippen molar-refractivity contribution in [2.24, 2.45) is 5.73 Å². The van der Waals surface area contributed by atoms with Crippen molar-refractivity contribution < 1.29 is 8.42 Å². The van der Waals surface area contributed by atoms with Crippen molar-refractivity contribution in [1.82, 2.24) is 0 Å². The lowest BCUT2D eigenvalue weighted by molar-refractivity contribution is 0.614. The number of hydrogen-bond donors (Lipinski definition) is 1. The van der Waals surface area contributed by atoms with Crippen LogP contribution in [0.3, 0.4) is 0 Å². The van der Waals surface area contributed by atoms with E-state index in [4.69, 9.17) is 5.73 Å². The molecule has 0 aromatic carbocycles. The molecule has 12 heavy (non-hydrogen) atoms. The molecule has 74 valence electrons. The Balaban J connectivity index is 4.00. The molecule has 0 aliphatic heterocycles. The monoisotopic (exact) mass is 229 g/mol. The van der Waals surface area contributed by atoms with Crippen LogP contribution < -0.4 is 5.73 Å². The maximum Gasteiger partial charge on any atom is 0.210 e. The first-order valence-corrected chi connectivity index (χ1v) is 7.83. The maximum absolute atomic E-state index is 11.1. The Kier molecular flexibility index (Phi) is 4.98. The van der Waals surface area contributed by atoms with Crippen LogP contribution in [-0.4, -0.2) is 31.1 Å². The molecule has 0 aromatic rings. The van der Waals surface area contributed by atoms with Gasteiger partial charge in [-0.2, -0.15) is 0 Å². The normalized spacial score (nSPS) is 13.3. The molecule has 6 heteroatoms. The van der Waals surface area contributed by atoms with Crippen LogP contribution >= 0.6 is 22.6 Å². The topological polar surface area (TPSA) is 60.2 Å². The van der Waals surface area contributed by atoms with Crippen molar-refractivity contribution in [3.63, 3.8) is 0 Å².